The van der Waals surface area contributed by atoms with Crippen LogP contribution in [0.4, 0.5) is 0 Å². The number of nitrogens with zero attached hydrogens (tertiary/aromatic N) is 1. The first-order valence-electron chi connectivity index (χ1n) is 9.34. The van der Waals surface area contributed by atoms with Gasteiger partial charge in [-0.25, -0.2) is 13.2 Å². The van der Waals surface area contributed by atoms with Crippen molar-refractivity contribution in [1.82, 2.24) is 4.31 Å². The molecule has 0 radical (unpaired) electrons. The quantitative estimate of drug-likeness (QED) is 0.689. The number of hydrogen-bond acceptors (Lipinski definition) is 5. The molecular formula is C21H25NO5S. The minimum absolute atomic E-state index is 0.0418. The molecule has 1 saturated heterocycles. The summed E-state index contributed by atoms with van der Waals surface area (Å²) in [5.41, 5.74) is 0.949. The van der Waals surface area contributed by atoms with E-state index in [1.807, 2.05) is 25.1 Å². The van der Waals surface area contributed by atoms with Gasteiger partial charge in [0, 0.05) is 18.2 Å². The molecule has 1 heterocycles. The molecule has 6 nitrogen and oxygen atoms in total. The zero-order chi connectivity index (χ0) is 20.1. The van der Waals surface area contributed by atoms with Gasteiger partial charge in [0.15, 0.2) is 0 Å². The van der Waals surface area contributed by atoms with Crippen LogP contribution in [-0.2, 0) is 21.4 Å². The van der Waals surface area contributed by atoms with Crippen LogP contribution < -0.4 is 4.74 Å². The van der Waals surface area contributed by atoms with Gasteiger partial charge in [0.1, 0.15) is 12.4 Å². The molecule has 0 aliphatic carbocycles. The van der Waals surface area contributed by atoms with Crippen molar-refractivity contribution in [1.29, 1.82) is 0 Å². The Morgan fingerprint density at radius 1 is 1.14 bits per heavy atom. The van der Waals surface area contributed by atoms with Crippen LogP contribution in [0.5, 0.6) is 5.75 Å². The second kappa shape index (κ2) is 8.75. The van der Waals surface area contributed by atoms with E-state index in [0.717, 1.165) is 24.8 Å². The molecule has 7 heteroatoms. The number of ether oxygens (including phenoxy) is 2. The summed E-state index contributed by atoms with van der Waals surface area (Å²) in [7, 11) is -2.09. The van der Waals surface area contributed by atoms with Gasteiger partial charge in [0.25, 0.3) is 0 Å². The molecule has 28 heavy (non-hydrogen) atoms. The van der Waals surface area contributed by atoms with Crippen molar-refractivity contribution in [2.45, 2.75) is 43.7 Å². The third-order valence-corrected chi connectivity index (χ3v) is 6.98. The monoisotopic (exact) mass is 403 g/mol. The van der Waals surface area contributed by atoms with Gasteiger partial charge in [-0.05, 0) is 44.0 Å². The van der Waals surface area contributed by atoms with Crippen LogP contribution in [0.1, 0.15) is 42.1 Å². The van der Waals surface area contributed by atoms with Crippen molar-refractivity contribution in [2.24, 2.45) is 0 Å². The number of methoxy groups -OCH3 is 1. The molecule has 0 bridgehead atoms. The van der Waals surface area contributed by atoms with Crippen molar-refractivity contribution >= 4 is 16.0 Å². The van der Waals surface area contributed by atoms with E-state index in [2.05, 4.69) is 0 Å². The van der Waals surface area contributed by atoms with Crippen molar-refractivity contribution in [3.05, 3.63) is 59.7 Å². The summed E-state index contributed by atoms with van der Waals surface area (Å²) in [6.45, 7) is 2.47. The molecule has 1 atom stereocenters. The summed E-state index contributed by atoms with van der Waals surface area (Å²) in [5.74, 6) is 0.0559. The highest BCUT2D eigenvalue weighted by Gasteiger charge is 2.31. The zero-order valence-corrected chi connectivity index (χ0v) is 16.9. The van der Waals surface area contributed by atoms with Crippen LogP contribution >= 0.6 is 0 Å². The van der Waals surface area contributed by atoms with E-state index in [1.54, 1.807) is 25.3 Å². The van der Waals surface area contributed by atoms with E-state index in [1.165, 1.54) is 16.4 Å². The summed E-state index contributed by atoms with van der Waals surface area (Å²) in [6, 6.07) is 13.3. The van der Waals surface area contributed by atoms with E-state index in [9.17, 15) is 13.2 Å². The van der Waals surface area contributed by atoms with Crippen LogP contribution in [0, 0.1) is 0 Å². The van der Waals surface area contributed by atoms with Crippen LogP contribution in [-0.4, -0.2) is 38.4 Å². The van der Waals surface area contributed by atoms with Gasteiger partial charge in [-0.15, -0.1) is 0 Å². The lowest BCUT2D eigenvalue weighted by molar-refractivity contribution is 0.0470. The first-order valence-corrected chi connectivity index (χ1v) is 10.8. The molecule has 0 aromatic heterocycles. The van der Waals surface area contributed by atoms with Crippen LogP contribution in [0.25, 0.3) is 0 Å². The van der Waals surface area contributed by atoms with E-state index < -0.39 is 16.0 Å². The Morgan fingerprint density at radius 3 is 2.68 bits per heavy atom. The number of esters is 1. The lowest BCUT2D eigenvalue weighted by Crippen LogP contribution is -2.41. The molecule has 0 spiro atoms. The number of rotatable bonds is 6. The number of piperidine rings is 1. The second-order valence-electron chi connectivity index (χ2n) is 6.88. The molecule has 1 fully saturated rings. The zero-order valence-electron chi connectivity index (χ0n) is 16.1. The van der Waals surface area contributed by atoms with Gasteiger partial charge in [-0.2, -0.15) is 4.31 Å². The first-order chi connectivity index (χ1) is 13.4. The maximum atomic E-state index is 13.0. The van der Waals surface area contributed by atoms with Crippen LogP contribution in [0.2, 0.25) is 0 Å². The molecule has 0 N–H and O–H groups in total. The number of sulfonamides is 1. The Hall–Kier alpha value is -2.38. The smallest absolute Gasteiger partial charge is 0.338 e. The molecular weight excluding hydrogens is 378 g/mol. The van der Waals surface area contributed by atoms with Gasteiger partial charge in [-0.3, -0.25) is 0 Å². The Kier molecular flexibility index (Phi) is 6.36. The number of carbonyl (C=O) groups excluding carboxylic acids is 1. The summed E-state index contributed by atoms with van der Waals surface area (Å²) in [6.07, 6.45) is 2.73. The minimum atomic E-state index is -3.64. The van der Waals surface area contributed by atoms with Crippen LogP contribution in [0.15, 0.2) is 53.4 Å². The fourth-order valence-electron chi connectivity index (χ4n) is 3.40. The van der Waals surface area contributed by atoms with E-state index >= 15 is 0 Å². The molecule has 2 aromatic carbocycles. The van der Waals surface area contributed by atoms with Gasteiger partial charge in [0.2, 0.25) is 10.0 Å². The molecule has 2 aromatic rings. The molecule has 0 saturated carbocycles. The average molecular weight is 404 g/mol. The van der Waals surface area contributed by atoms with Crippen LogP contribution in [0.3, 0.4) is 0 Å². The fraction of sp³-hybridized carbons (Fsp3) is 0.381. The number of benzene rings is 2. The van der Waals surface area contributed by atoms with Crippen molar-refractivity contribution in [3.8, 4) is 5.75 Å². The topological polar surface area (TPSA) is 72.9 Å². The maximum absolute atomic E-state index is 13.0. The van der Waals surface area contributed by atoms with E-state index in [0.29, 0.717) is 12.3 Å². The third-order valence-electron chi connectivity index (χ3n) is 4.97. The predicted octanol–water partition coefficient (Wildman–Crippen LogP) is 3.62. The number of para-hydroxylation sites is 1. The standard InChI is InChI=1S/C21H25NO5S/c1-16-8-5-6-13-22(16)28(24,25)19-11-7-10-17(14-19)21(23)27-15-18-9-3-4-12-20(18)26-2/h3-4,7,9-12,14,16H,5-6,8,13,15H2,1-2H3/t16-/m1/s1. The molecule has 0 unspecified atom stereocenters. The summed E-state index contributed by atoms with van der Waals surface area (Å²) >= 11 is 0. The largest absolute Gasteiger partial charge is 0.496 e. The SMILES string of the molecule is COc1ccccc1COC(=O)c1cccc(S(=O)(=O)N2CCCC[C@H]2C)c1. The third kappa shape index (κ3) is 4.36. The highest BCUT2D eigenvalue weighted by atomic mass is 32.2. The maximum Gasteiger partial charge on any atom is 0.338 e. The minimum Gasteiger partial charge on any atom is -0.496 e. The van der Waals surface area contributed by atoms with Gasteiger partial charge in [-0.1, -0.05) is 30.7 Å². The normalized spacial score (nSPS) is 17.9. The van der Waals surface area contributed by atoms with Crippen molar-refractivity contribution in [3.63, 3.8) is 0 Å². The lowest BCUT2D eigenvalue weighted by atomic mass is 10.1. The second-order valence-corrected chi connectivity index (χ2v) is 8.77. The van der Waals surface area contributed by atoms with Gasteiger partial charge >= 0.3 is 5.97 Å². The highest BCUT2D eigenvalue weighted by molar-refractivity contribution is 7.89. The lowest BCUT2D eigenvalue weighted by Gasteiger charge is -2.32. The highest BCUT2D eigenvalue weighted by Crippen LogP contribution is 2.26. The summed E-state index contributed by atoms with van der Waals surface area (Å²) in [4.78, 5) is 12.6. The fourth-order valence-corrected chi connectivity index (χ4v) is 5.14. The van der Waals surface area contributed by atoms with Gasteiger partial charge in [0.05, 0.1) is 17.6 Å². The summed E-state index contributed by atoms with van der Waals surface area (Å²) in [5, 5.41) is 0. The van der Waals surface area contributed by atoms with E-state index in [4.69, 9.17) is 9.47 Å². The molecule has 0 amide bonds. The number of hydrogen-bond donors (Lipinski definition) is 0. The molecule has 1 aliphatic heterocycles. The van der Waals surface area contributed by atoms with Crippen molar-refractivity contribution < 1.29 is 22.7 Å². The molecule has 1 aliphatic rings. The Morgan fingerprint density at radius 2 is 1.93 bits per heavy atom. The van der Waals surface area contributed by atoms with E-state index in [-0.39, 0.29) is 23.1 Å². The van der Waals surface area contributed by atoms with Gasteiger partial charge < -0.3 is 9.47 Å². The summed E-state index contributed by atoms with van der Waals surface area (Å²) < 4.78 is 38.1. The first kappa shape index (κ1) is 20.4. The Labute approximate surface area is 166 Å². The number of carbonyl (C=O) groups is 1. The molecule has 150 valence electrons. The average Bonchev–Trinajstić information content (AvgIpc) is 2.72. The predicted molar refractivity (Wildman–Crippen MR) is 106 cm³/mol. The molecule has 3 rings (SSSR count). The Bertz CT molecular complexity index is 941. The van der Waals surface area contributed by atoms with Crippen molar-refractivity contribution in [2.75, 3.05) is 13.7 Å². The Balaban J connectivity index is 1.76.